The van der Waals surface area contributed by atoms with E-state index in [9.17, 15) is 4.79 Å². The van der Waals surface area contributed by atoms with Gasteiger partial charge in [0.15, 0.2) is 0 Å². The summed E-state index contributed by atoms with van der Waals surface area (Å²) in [6, 6.07) is 15.4. The average Bonchev–Trinajstić information content (AvgIpc) is 2.94. The number of ether oxygens (including phenoxy) is 1. The van der Waals surface area contributed by atoms with Gasteiger partial charge < -0.3 is 14.6 Å². The van der Waals surface area contributed by atoms with Crippen LogP contribution in [0.2, 0.25) is 0 Å². The predicted molar refractivity (Wildman–Crippen MR) is 87.1 cm³/mol. The number of fused-ring (bicyclic) bond motifs is 1. The molecule has 3 aromatic rings. The minimum absolute atomic E-state index is 0.0624. The van der Waals surface area contributed by atoms with Gasteiger partial charge in [0, 0.05) is 36.3 Å². The van der Waals surface area contributed by atoms with Gasteiger partial charge >= 0.3 is 0 Å². The van der Waals surface area contributed by atoms with Crippen molar-refractivity contribution < 1.29 is 9.53 Å². The summed E-state index contributed by atoms with van der Waals surface area (Å²) >= 11 is 0. The minimum atomic E-state index is -0.0624. The molecule has 0 spiro atoms. The number of amides is 1. The van der Waals surface area contributed by atoms with Crippen molar-refractivity contribution in [2.45, 2.75) is 6.54 Å². The van der Waals surface area contributed by atoms with E-state index in [0.717, 1.165) is 22.2 Å². The molecular formula is C18H18N2O2. The average molecular weight is 294 g/mol. The fourth-order valence-electron chi connectivity index (χ4n) is 2.52. The zero-order valence-electron chi connectivity index (χ0n) is 12.7. The zero-order chi connectivity index (χ0) is 15.5. The second-order valence-electron chi connectivity index (χ2n) is 5.20. The highest BCUT2D eigenvalue weighted by Crippen LogP contribution is 2.19. The van der Waals surface area contributed by atoms with Gasteiger partial charge in [-0.1, -0.05) is 18.2 Å². The summed E-state index contributed by atoms with van der Waals surface area (Å²) in [5.74, 6) is 0.747. The van der Waals surface area contributed by atoms with Crippen LogP contribution in [0.5, 0.6) is 5.75 Å². The monoisotopic (exact) mass is 294 g/mol. The van der Waals surface area contributed by atoms with Crippen LogP contribution in [-0.2, 0) is 13.6 Å². The lowest BCUT2D eigenvalue weighted by atomic mass is 10.1. The summed E-state index contributed by atoms with van der Waals surface area (Å²) in [7, 11) is 3.61. The van der Waals surface area contributed by atoms with Gasteiger partial charge in [-0.2, -0.15) is 0 Å². The molecule has 1 aromatic heterocycles. The number of carbonyl (C=O) groups excluding carboxylic acids is 1. The van der Waals surface area contributed by atoms with Crippen molar-refractivity contribution in [3.8, 4) is 5.75 Å². The van der Waals surface area contributed by atoms with Crippen LogP contribution in [0, 0.1) is 0 Å². The first-order valence-electron chi connectivity index (χ1n) is 7.14. The lowest BCUT2D eigenvalue weighted by Crippen LogP contribution is -2.22. The fourth-order valence-corrected chi connectivity index (χ4v) is 2.52. The molecule has 0 unspecified atom stereocenters. The number of hydrogen-bond donors (Lipinski definition) is 1. The van der Waals surface area contributed by atoms with E-state index < -0.39 is 0 Å². The van der Waals surface area contributed by atoms with Gasteiger partial charge in [-0.25, -0.2) is 0 Å². The quantitative estimate of drug-likeness (QED) is 0.803. The molecule has 112 valence electrons. The van der Waals surface area contributed by atoms with Crippen LogP contribution in [0.15, 0.2) is 54.7 Å². The Morgan fingerprint density at radius 1 is 1.14 bits per heavy atom. The first-order chi connectivity index (χ1) is 10.7. The van der Waals surface area contributed by atoms with Crippen molar-refractivity contribution in [3.63, 3.8) is 0 Å². The molecule has 4 nitrogen and oxygen atoms in total. The molecule has 1 N–H and O–H groups in total. The number of aromatic nitrogens is 1. The standard InChI is InChI=1S/C18H18N2O2/c1-20-11-10-15-16(4-3-5-17(15)20)18(21)19-12-13-6-8-14(22-2)9-7-13/h3-11H,12H2,1-2H3,(H,19,21). The first kappa shape index (κ1) is 14.2. The number of rotatable bonds is 4. The van der Waals surface area contributed by atoms with E-state index in [-0.39, 0.29) is 5.91 Å². The Kier molecular flexibility index (Phi) is 3.83. The topological polar surface area (TPSA) is 43.3 Å². The molecule has 3 rings (SSSR count). The van der Waals surface area contributed by atoms with Crippen LogP contribution in [-0.4, -0.2) is 17.6 Å². The van der Waals surface area contributed by atoms with E-state index in [1.807, 2.05) is 66.3 Å². The summed E-state index contributed by atoms with van der Waals surface area (Å²) in [6.07, 6.45) is 1.96. The number of methoxy groups -OCH3 is 1. The van der Waals surface area contributed by atoms with Gasteiger partial charge in [-0.15, -0.1) is 0 Å². The number of benzene rings is 2. The number of carbonyl (C=O) groups is 1. The molecule has 0 aliphatic rings. The summed E-state index contributed by atoms with van der Waals surface area (Å²) in [5.41, 5.74) is 2.79. The maximum Gasteiger partial charge on any atom is 0.252 e. The Balaban J connectivity index is 1.75. The van der Waals surface area contributed by atoms with Crippen molar-refractivity contribution in [2.75, 3.05) is 7.11 Å². The Morgan fingerprint density at radius 3 is 2.64 bits per heavy atom. The third kappa shape index (κ3) is 2.68. The number of hydrogen-bond acceptors (Lipinski definition) is 2. The van der Waals surface area contributed by atoms with Crippen LogP contribution >= 0.6 is 0 Å². The Hall–Kier alpha value is -2.75. The van der Waals surface area contributed by atoms with Crippen LogP contribution in [0.3, 0.4) is 0 Å². The van der Waals surface area contributed by atoms with Crippen LogP contribution in [0.1, 0.15) is 15.9 Å². The molecule has 0 radical (unpaired) electrons. The third-order valence-electron chi connectivity index (χ3n) is 3.78. The molecule has 0 bridgehead atoms. The number of nitrogens with zero attached hydrogens (tertiary/aromatic N) is 1. The molecule has 2 aromatic carbocycles. The highest BCUT2D eigenvalue weighted by molar-refractivity contribution is 6.06. The molecule has 22 heavy (non-hydrogen) atoms. The normalized spacial score (nSPS) is 10.6. The maximum atomic E-state index is 12.4. The fraction of sp³-hybridized carbons (Fsp3) is 0.167. The SMILES string of the molecule is COc1ccc(CNC(=O)c2cccc3c2ccn3C)cc1. The van der Waals surface area contributed by atoms with Crippen molar-refractivity contribution in [1.29, 1.82) is 0 Å². The van der Waals surface area contributed by atoms with Gasteiger partial charge in [-0.3, -0.25) is 4.79 Å². The molecule has 1 amide bonds. The Bertz CT molecular complexity index is 804. The molecule has 0 fully saturated rings. The van der Waals surface area contributed by atoms with Crippen molar-refractivity contribution in [3.05, 3.63) is 65.9 Å². The number of nitrogens with one attached hydrogen (secondary N) is 1. The van der Waals surface area contributed by atoms with Crippen molar-refractivity contribution >= 4 is 16.8 Å². The first-order valence-corrected chi connectivity index (χ1v) is 7.14. The van der Waals surface area contributed by atoms with Crippen LogP contribution < -0.4 is 10.1 Å². The lowest BCUT2D eigenvalue weighted by molar-refractivity contribution is 0.0952. The second kappa shape index (κ2) is 5.93. The maximum absolute atomic E-state index is 12.4. The van der Waals surface area contributed by atoms with E-state index in [1.165, 1.54) is 0 Å². The summed E-state index contributed by atoms with van der Waals surface area (Å²) in [6.45, 7) is 0.492. The van der Waals surface area contributed by atoms with E-state index >= 15 is 0 Å². The Morgan fingerprint density at radius 2 is 1.91 bits per heavy atom. The highest BCUT2D eigenvalue weighted by atomic mass is 16.5. The van der Waals surface area contributed by atoms with Crippen molar-refractivity contribution in [1.82, 2.24) is 9.88 Å². The molecule has 0 saturated carbocycles. The molecule has 1 heterocycles. The molecule has 0 saturated heterocycles. The largest absolute Gasteiger partial charge is 0.497 e. The van der Waals surface area contributed by atoms with Crippen LogP contribution in [0.4, 0.5) is 0 Å². The van der Waals surface area contributed by atoms with Gasteiger partial charge in [0.2, 0.25) is 0 Å². The zero-order valence-corrected chi connectivity index (χ0v) is 12.7. The smallest absolute Gasteiger partial charge is 0.252 e. The molecule has 0 aliphatic carbocycles. The van der Waals surface area contributed by atoms with Gasteiger partial charge in [-0.05, 0) is 35.9 Å². The number of aryl methyl sites for hydroxylation is 1. The molecular weight excluding hydrogens is 276 g/mol. The van der Waals surface area contributed by atoms with Crippen molar-refractivity contribution in [2.24, 2.45) is 7.05 Å². The van der Waals surface area contributed by atoms with Gasteiger partial charge in [0.1, 0.15) is 5.75 Å². The highest BCUT2D eigenvalue weighted by Gasteiger charge is 2.11. The predicted octanol–water partition coefficient (Wildman–Crippen LogP) is 3.12. The van der Waals surface area contributed by atoms with E-state index in [1.54, 1.807) is 7.11 Å². The summed E-state index contributed by atoms with van der Waals surface area (Å²) in [5, 5.41) is 3.93. The molecule has 0 atom stereocenters. The summed E-state index contributed by atoms with van der Waals surface area (Å²) < 4.78 is 7.13. The van der Waals surface area contributed by atoms with Gasteiger partial charge in [0.25, 0.3) is 5.91 Å². The van der Waals surface area contributed by atoms with E-state index in [0.29, 0.717) is 12.1 Å². The Labute approximate surface area is 129 Å². The molecule has 0 aliphatic heterocycles. The van der Waals surface area contributed by atoms with Crippen LogP contribution in [0.25, 0.3) is 10.9 Å². The lowest BCUT2D eigenvalue weighted by Gasteiger charge is -2.08. The molecule has 4 heteroatoms. The summed E-state index contributed by atoms with van der Waals surface area (Å²) in [4.78, 5) is 12.4. The van der Waals surface area contributed by atoms with E-state index in [4.69, 9.17) is 4.74 Å². The second-order valence-corrected chi connectivity index (χ2v) is 5.20. The minimum Gasteiger partial charge on any atom is -0.497 e. The van der Waals surface area contributed by atoms with E-state index in [2.05, 4.69) is 5.32 Å². The van der Waals surface area contributed by atoms with Gasteiger partial charge in [0.05, 0.1) is 7.11 Å². The third-order valence-corrected chi connectivity index (χ3v) is 3.78.